The van der Waals surface area contributed by atoms with Gasteiger partial charge in [-0.3, -0.25) is 0 Å². The minimum atomic E-state index is -0.454. The first-order valence-corrected chi connectivity index (χ1v) is 5.22. The number of rotatable bonds is 5. The van der Waals surface area contributed by atoms with E-state index in [1.807, 2.05) is 6.92 Å². The summed E-state index contributed by atoms with van der Waals surface area (Å²) in [5.41, 5.74) is 5.62. The standard InChI is InChI=1S/C10H19N3O/c1-4-6-8-12-9(13-14-8)10(3,11)7-5-2/h4-7,11H2,1-3H3. The molecule has 0 bridgehead atoms. The lowest BCUT2D eigenvalue weighted by atomic mass is 9.97. The summed E-state index contributed by atoms with van der Waals surface area (Å²) in [5.74, 6) is 1.32. The van der Waals surface area contributed by atoms with Gasteiger partial charge in [-0.25, -0.2) is 0 Å². The van der Waals surface area contributed by atoms with Crippen molar-refractivity contribution in [3.63, 3.8) is 0 Å². The molecule has 80 valence electrons. The molecule has 0 spiro atoms. The first-order valence-electron chi connectivity index (χ1n) is 5.22. The van der Waals surface area contributed by atoms with Gasteiger partial charge < -0.3 is 10.3 Å². The molecular weight excluding hydrogens is 178 g/mol. The Balaban J connectivity index is 2.74. The molecule has 0 saturated heterocycles. The lowest BCUT2D eigenvalue weighted by Gasteiger charge is -2.18. The van der Waals surface area contributed by atoms with E-state index < -0.39 is 5.54 Å². The van der Waals surface area contributed by atoms with Gasteiger partial charge in [-0.15, -0.1) is 0 Å². The Labute approximate surface area is 84.9 Å². The van der Waals surface area contributed by atoms with Crippen LogP contribution in [0.5, 0.6) is 0 Å². The van der Waals surface area contributed by atoms with Crippen molar-refractivity contribution in [3.8, 4) is 0 Å². The maximum absolute atomic E-state index is 6.07. The van der Waals surface area contributed by atoms with Crippen LogP contribution in [0.15, 0.2) is 4.52 Å². The minimum absolute atomic E-state index is 0.454. The van der Waals surface area contributed by atoms with E-state index in [9.17, 15) is 0 Å². The first-order chi connectivity index (χ1) is 6.60. The topological polar surface area (TPSA) is 64.9 Å². The lowest BCUT2D eigenvalue weighted by Crippen LogP contribution is -2.34. The molecule has 0 radical (unpaired) electrons. The van der Waals surface area contributed by atoms with E-state index >= 15 is 0 Å². The molecule has 1 atom stereocenters. The summed E-state index contributed by atoms with van der Waals surface area (Å²) in [4.78, 5) is 4.29. The van der Waals surface area contributed by atoms with Crippen molar-refractivity contribution >= 4 is 0 Å². The van der Waals surface area contributed by atoms with Gasteiger partial charge in [-0.1, -0.05) is 25.4 Å². The molecule has 0 amide bonds. The highest BCUT2D eigenvalue weighted by molar-refractivity contribution is 5.01. The molecular formula is C10H19N3O. The Bertz CT molecular complexity index is 281. The lowest BCUT2D eigenvalue weighted by molar-refractivity contribution is 0.346. The zero-order valence-electron chi connectivity index (χ0n) is 9.21. The van der Waals surface area contributed by atoms with Crippen LogP contribution < -0.4 is 5.73 Å². The highest BCUT2D eigenvalue weighted by Crippen LogP contribution is 2.20. The van der Waals surface area contributed by atoms with Gasteiger partial charge in [0.05, 0.1) is 5.54 Å². The number of nitrogens with zero attached hydrogens (tertiary/aromatic N) is 2. The van der Waals surface area contributed by atoms with E-state index in [4.69, 9.17) is 10.3 Å². The maximum atomic E-state index is 6.07. The Morgan fingerprint density at radius 2 is 2.07 bits per heavy atom. The summed E-state index contributed by atoms with van der Waals surface area (Å²) in [6, 6.07) is 0. The second-order valence-corrected chi connectivity index (χ2v) is 3.93. The minimum Gasteiger partial charge on any atom is -0.339 e. The largest absolute Gasteiger partial charge is 0.339 e. The molecule has 0 saturated carbocycles. The van der Waals surface area contributed by atoms with Crippen molar-refractivity contribution in [2.75, 3.05) is 0 Å². The van der Waals surface area contributed by atoms with Crippen molar-refractivity contribution in [2.24, 2.45) is 5.73 Å². The molecule has 1 unspecified atom stereocenters. The Hall–Kier alpha value is -0.900. The zero-order chi connectivity index (χ0) is 10.6. The second kappa shape index (κ2) is 4.55. The molecule has 1 heterocycles. The molecule has 0 aromatic carbocycles. The van der Waals surface area contributed by atoms with Gasteiger partial charge in [0.2, 0.25) is 5.89 Å². The van der Waals surface area contributed by atoms with Crippen LogP contribution in [0.3, 0.4) is 0 Å². The van der Waals surface area contributed by atoms with Crippen LogP contribution in [0, 0.1) is 0 Å². The van der Waals surface area contributed by atoms with E-state index in [1.54, 1.807) is 0 Å². The first kappa shape index (κ1) is 11.2. The quantitative estimate of drug-likeness (QED) is 0.784. The normalized spacial score (nSPS) is 15.4. The van der Waals surface area contributed by atoms with Gasteiger partial charge in [0.25, 0.3) is 0 Å². The highest BCUT2D eigenvalue weighted by atomic mass is 16.5. The van der Waals surface area contributed by atoms with Gasteiger partial charge in [0.15, 0.2) is 5.82 Å². The number of nitrogens with two attached hydrogens (primary N) is 1. The van der Waals surface area contributed by atoms with Crippen molar-refractivity contribution < 1.29 is 4.52 Å². The average Bonchev–Trinajstić information content (AvgIpc) is 2.54. The van der Waals surface area contributed by atoms with E-state index in [-0.39, 0.29) is 0 Å². The van der Waals surface area contributed by atoms with E-state index in [2.05, 4.69) is 24.0 Å². The molecule has 0 aliphatic rings. The third-order valence-corrected chi connectivity index (χ3v) is 2.21. The van der Waals surface area contributed by atoms with E-state index in [1.165, 1.54) is 0 Å². The van der Waals surface area contributed by atoms with Gasteiger partial charge >= 0.3 is 0 Å². The Kier molecular flexibility index (Phi) is 3.63. The predicted molar refractivity (Wildman–Crippen MR) is 54.7 cm³/mol. The summed E-state index contributed by atoms with van der Waals surface area (Å²) < 4.78 is 5.10. The molecule has 2 N–H and O–H groups in total. The zero-order valence-corrected chi connectivity index (χ0v) is 9.21. The van der Waals surface area contributed by atoms with Gasteiger partial charge in [0, 0.05) is 6.42 Å². The Morgan fingerprint density at radius 3 is 2.64 bits per heavy atom. The summed E-state index contributed by atoms with van der Waals surface area (Å²) in [6.45, 7) is 6.12. The van der Waals surface area contributed by atoms with Crippen molar-refractivity contribution in [2.45, 2.75) is 52.0 Å². The molecule has 1 aromatic heterocycles. The smallest absolute Gasteiger partial charge is 0.226 e. The number of aryl methyl sites for hydroxylation is 1. The fourth-order valence-electron chi connectivity index (χ4n) is 1.43. The van der Waals surface area contributed by atoms with Crippen molar-refractivity contribution in [1.29, 1.82) is 0 Å². The van der Waals surface area contributed by atoms with Crippen LogP contribution in [-0.2, 0) is 12.0 Å². The van der Waals surface area contributed by atoms with E-state index in [0.29, 0.717) is 11.7 Å². The van der Waals surface area contributed by atoms with Gasteiger partial charge in [-0.05, 0) is 19.8 Å². The molecule has 4 nitrogen and oxygen atoms in total. The molecule has 0 aliphatic carbocycles. The molecule has 1 rings (SSSR count). The predicted octanol–water partition coefficient (Wildman–Crippen LogP) is 2.00. The number of aromatic nitrogens is 2. The molecule has 1 aromatic rings. The molecule has 4 heteroatoms. The summed E-state index contributed by atoms with van der Waals surface area (Å²) in [5, 5.41) is 3.91. The highest BCUT2D eigenvalue weighted by Gasteiger charge is 2.25. The van der Waals surface area contributed by atoms with Crippen LogP contribution in [0.1, 0.15) is 51.7 Å². The monoisotopic (exact) mass is 197 g/mol. The van der Waals surface area contributed by atoms with Crippen LogP contribution in [0.25, 0.3) is 0 Å². The maximum Gasteiger partial charge on any atom is 0.226 e. The number of hydrogen-bond donors (Lipinski definition) is 1. The molecule has 0 aliphatic heterocycles. The third-order valence-electron chi connectivity index (χ3n) is 2.21. The van der Waals surface area contributed by atoms with Gasteiger partial charge in [-0.2, -0.15) is 4.98 Å². The Morgan fingerprint density at radius 1 is 1.36 bits per heavy atom. The van der Waals surface area contributed by atoms with Crippen LogP contribution >= 0.6 is 0 Å². The molecule has 0 fully saturated rings. The van der Waals surface area contributed by atoms with Crippen LogP contribution in [-0.4, -0.2) is 10.1 Å². The summed E-state index contributed by atoms with van der Waals surface area (Å²) in [7, 11) is 0. The average molecular weight is 197 g/mol. The fraction of sp³-hybridized carbons (Fsp3) is 0.800. The van der Waals surface area contributed by atoms with Gasteiger partial charge in [0.1, 0.15) is 0 Å². The summed E-state index contributed by atoms with van der Waals surface area (Å²) in [6.07, 6.45) is 3.73. The van der Waals surface area contributed by atoms with Crippen molar-refractivity contribution in [3.05, 3.63) is 11.7 Å². The third kappa shape index (κ3) is 2.54. The SMILES string of the molecule is CCCc1nc(C(C)(N)CCC)no1. The van der Waals surface area contributed by atoms with Crippen molar-refractivity contribution in [1.82, 2.24) is 10.1 Å². The van der Waals surface area contributed by atoms with Crippen LogP contribution in [0.4, 0.5) is 0 Å². The number of hydrogen-bond acceptors (Lipinski definition) is 4. The summed E-state index contributed by atoms with van der Waals surface area (Å²) >= 11 is 0. The molecule has 14 heavy (non-hydrogen) atoms. The van der Waals surface area contributed by atoms with E-state index in [0.717, 1.165) is 25.7 Å². The fourth-order valence-corrected chi connectivity index (χ4v) is 1.43. The second-order valence-electron chi connectivity index (χ2n) is 3.93. The van der Waals surface area contributed by atoms with Crippen LogP contribution in [0.2, 0.25) is 0 Å².